The molecule has 3 aliphatic rings. The van der Waals surface area contributed by atoms with E-state index >= 15 is 0 Å². The number of thioether (sulfide) groups is 1. The lowest BCUT2D eigenvalue weighted by Gasteiger charge is -2.42. The summed E-state index contributed by atoms with van der Waals surface area (Å²) in [6, 6.07) is 7.24. The van der Waals surface area contributed by atoms with Gasteiger partial charge < -0.3 is 33.7 Å². The summed E-state index contributed by atoms with van der Waals surface area (Å²) in [5.41, 5.74) is -1.41. The van der Waals surface area contributed by atoms with Crippen molar-refractivity contribution in [2.45, 2.75) is 93.8 Å². The number of nitrogens with zero attached hydrogens (tertiary/aromatic N) is 1. The minimum Gasteiger partial charge on any atom is -0.495 e. The van der Waals surface area contributed by atoms with Crippen LogP contribution in [0.5, 0.6) is 5.75 Å². The molecule has 0 aromatic heterocycles. The second-order valence-electron chi connectivity index (χ2n) is 14.6. The number of nitrogens with one attached hydrogen (secondary N) is 1. The second-order valence-corrected chi connectivity index (χ2v) is 15.9. The number of methoxy groups -OCH3 is 2. The number of benzene rings is 2. The molecule has 0 unspecified atom stereocenters. The molecule has 0 saturated carbocycles. The van der Waals surface area contributed by atoms with Gasteiger partial charge in [-0.2, -0.15) is 13.2 Å². The van der Waals surface area contributed by atoms with Crippen molar-refractivity contribution in [3.05, 3.63) is 82.4 Å². The highest BCUT2D eigenvalue weighted by molar-refractivity contribution is 8.00. The fourth-order valence-electron chi connectivity index (χ4n) is 7.08. The van der Waals surface area contributed by atoms with Crippen molar-refractivity contribution in [1.29, 1.82) is 0 Å². The SMILES string of the molecule is C=C(C)c1ccc(SCC(=O)O[C@H]2CC(=O)N(C)c3cc(cc(OC)c3Cl)C/C(C)=C/C=C/[C@@H](OC)[C@@]3(O)C[C@H](OC(=O)N3)[C@@H](C)[C@@H]3O[C@@]23C)c(C(F)(F)F)c1. The van der Waals surface area contributed by atoms with Crippen LogP contribution >= 0.6 is 23.4 Å². The highest BCUT2D eigenvalue weighted by Crippen LogP contribution is 2.49. The Hall–Kier alpha value is -4.02. The van der Waals surface area contributed by atoms with Gasteiger partial charge in [-0.15, -0.1) is 11.8 Å². The number of ether oxygens (including phenoxy) is 5. The van der Waals surface area contributed by atoms with Crippen molar-refractivity contribution in [2.24, 2.45) is 5.92 Å². The third-order valence-corrected chi connectivity index (χ3v) is 11.8. The van der Waals surface area contributed by atoms with Gasteiger partial charge in [-0.05, 0) is 62.6 Å². The normalized spacial score (nSPS) is 29.9. The van der Waals surface area contributed by atoms with E-state index in [4.69, 9.17) is 35.3 Å². The van der Waals surface area contributed by atoms with Crippen molar-refractivity contribution in [1.82, 2.24) is 5.32 Å². The van der Waals surface area contributed by atoms with Gasteiger partial charge in [-0.1, -0.05) is 60.5 Å². The Labute approximate surface area is 333 Å². The van der Waals surface area contributed by atoms with Crippen molar-refractivity contribution < 1.29 is 56.3 Å². The number of halogens is 4. The van der Waals surface area contributed by atoms with Gasteiger partial charge in [0.25, 0.3) is 0 Å². The van der Waals surface area contributed by atoms with Crippen molar-refractivity contribution in [2.75, 3.05) is 31.9 Å². The van der Waals surface area contributed by atoms with Crippen LogP contribution in [0.4, 0.5) is 23.7 Å². The maximum absolute atomic E-state index is 14.1. The number of allylic oxidation sites excluding steroid dienone is 4. The van der Waals surface area contributed by atoms with Crippen LogP contribution in [-0.2, 0) is 41.1 Å². The number of carbonyl (C=O) groups excluding carboxylic acids is 3. The van der Waals surface area contributed by atoms with Gasteiger partial charge in [0, 0.05) is 31.4 Å². The zero-order valence-corrected chi connectivity index (χ0v) is 33.7. The summed E-state index contributed by atoms with van der Waals surface area (Å²) in [5.74, 6) is -2.22. The molecule has 3 heterocycles. The molecule has 304 valence electrons. The fraction of sp³-hybridized carbons (Fsp3) is 0.475. The van der Waals surface area contributed by atoms with E-state index in [1.807, 2.05) is 13.0 Å². The van der Waals surface area contributed by atoms with E-state index in [0.717, 1.165) is 17.2 Å². The molecular weight excluding hydrogens is 777 g/mol. The number of hydrogen-bond acceptors (Lipinski definition) is 10. The van der Waals surface area contributed by atoms with E-state index in [1.165, 1.54) is 38.3 Å². The minimum absolute atomic E-state index is 0.111. The predicted octanol–water partition coefficient (Wildman–Crippen LogP) is 7.51. The van der Waals surface area contributed by atoms with Gasteiger partial charge in [0.05, 0.1) is 36.6 Å². The molecule has 4 bridgehead atoms. The summed E-state index contributed by atoms with van der Waals surface area (Å²) in [7, 11) is 4.36. The lowest BCUT2D eigenvalue weighted by Crippen LogP contribution is -2.63. The Morgan fingerprint density at radius 3 is 2.57 bits per heavy atom. The lowest BCUT2D eigenvalue weighted by atomic mass is 9.83. The number of rotatable bonds is 7. The molecule has 11 nitrogen and oxygen atoms in total. The molecule has 0 spiro atoms. The standard InChI is InChI=1S/C40H46ClF3N2O9S/c1-21(2)25-12-13-30(26(17-25)40(42,43)44)56-20-34(48)54-32-18-33(47)46(6)27-15-24(16-28(51-7)35(27)41)14-22(3)10-9-11-31(52-8)39(50)19-29(53-37(49)45-39)23(4)36-38(32,5)55-36/h9-13,15-17,23,29,31-32,36,50H,1,14,18-20H2,2-8H3,(H,45,49)/b11-9+,22-10+/t23-,29+,31-,32+,36+,38+,39+/m1/s1. The van der Waals surface area contributed by atoms with E-state index in [0.29, 0.717) is 40.8 Å². The summed E-state index contributed by atoms with van der Waals surface area (Å²) in [6.45, 7) is 10.6. The van der Waals surface area contributed by atoms with Gasteiger partial charge in [0.15, 0.2) is 5.72 Å². The first-order valence-electron chi connectivity index (χ1n) is 17.8. The lowest BCUT2D eigenvalue weighted by molar-refractivity contribution is -0.150. The first-order valence-corrected chi connectivity index (χ1v) is 19.1. The number of hydrogen-bond donors (Lipinski definition) is 2. The van der Waals surface area contributed by atoms with Gasteiger partial charge in [-0.3, -0.25) is 14.9 Å². The quantitative estimate of drug-likeness (QED) is 0.164. The number of aliphatic hydroxyl groups is 1. The van der Waals surface area contributed by atoms with Crippen molar-refractivity contribution in [3.8, 4) is 5.75 Å². The van der Waals surface area contributed by atoms with Gasteiger partial charge in [0.1, 0.15) is 34.7 Å². The summed E-state index contributed by atoms with van der Waals surface area (Å²) in [6.07, 6.45) is -4.47. The smallest absolute Gasteiger partial charge is 0.417 e. The predicted molar refractivity (Wildman–Crippen MR) is 206 cm³/mol. The number of fused-ring (bicyclic) bond motifs is 5. The maximum Gasteiger partial charge on any atom is 0.417 e. The average Bonchev–Trinajstić information content (AvgIpc) is 3.82. The summed E-state index contributed by atoms with van der Waals surface area (Å²) in [5, 5.41) is 14.4. The molecule has 2 fully saturated rings. The number of amides is 2. The van der Waals surface area contributed by atoms with Crippen LogP contribution in [-0.4, -0.2) is 85.8 Å². The molecule has 2 N–H and O–H groups in total. The number of epoxide rings is 1. The van der Waals surface area contributed by atoms with Crippen LogP contribution in [0.15, 0.2) is 65.6 Å². The summed E-state index contributed by atoms with van der Waals surface area (Å²) < 4.78 is 71.0. The average molecular weight is 823 g/mol. The Balaban J connectivity index is 1.50. The van der Waals surface area contributed by atoms with E-state index < -0.39 is 83.5 Å². The van der Waals surface area contributed by atoms with Crippen LogP contribution in [0.1, 0.15) is 57.2 Å². The van der Waals surface area contributed by atoms with E-state index in [9.17, 15) is 32.7 Å². The summed E-state index contributed by atoms with van der Waals surface area (Å²) in [4.78, 5) is 41.6. The van der Waals surface area contributed by atoms with Crippen LogP contribution in [0.3, 0.4) is 0 Å². The molecule has 2 aromatic carbocycles. The highest BCUT2D eigenvalue weighted by atomic mass is 35.5. The Kier molecular flexibility index (Phi) is 13.0. The zero-order valence-electron chi connectivity index (χ0n) is 32.1. The van der Waals surface area contributed by atoms with Gasteiger partial charge in [0.2, 0.25) is 5.91 Å². The fourth-order valence-corrected chi connectivity index (χ4v) is 8.23. The topological polar surface area (TPSA) is 136 Å². The molecule has 7 atom stereocenters. The van der Waals surface area contributed by atoms with Gasteiger partial charge in [-0.25, -0.2) is 4.79 Å². The molecule has 16 heteroatoms. The zero-order chi connectivity index (χ0) is 41.3. The number of esters is 1. The largest absolute Gasteiger partial charge is 0.495 e. The van der Waals surface area contributed by atoms with E-state index in [2.05, 4.69) is 11.9 Å². The molecule has 56 heavy (non-hydrogen) atoms. The van der Waals surface area contributed by atoms with Crippen LogP contribution in [0.25, 0.3) is 5.57 Å². The van der Waals surface area contributed by atoms with E-state index in [1.54, 1.807) is 45.1 Å². The first-order chi connectivity index (χ1) is 26.2. The Morgan fingerprint density at radius 2 is 1.93 bits per heavy atom. The number of alkyl carbamates (subject to hydrolysis) is 1. The van der Waals surface area contributed by atoms with E-state index in [-0.39, 0.29) is 16.3 Å². The Bertz CT molecular complexity index is 1940. The molecular formula is C40H46ClF3N2O9S. The number of anilines is 1. The minimum atomic E-state index is -4.70. The monoisotopic (exact) mass is 822 g/mol. The second kappa shape index (κ2) is 16.8. The summed E-state index contributed by atoms with van der Waals surface area (Å²) >= 11 is 7.37. The first kappa shape index (κ1) is 43.1. The molecule has 5 rings (SSSR count). The van der Waals surface area contributed by atoms with Crippen LogP contribution in [0, 0.1) is 5.92 Å². The highest BCUT2D eigenvalue weighted by Gasteiger charge is 2.64. The molecule has 2 aromatic rings. The number of alkyl halides is 3. The van der Waals surface area contributed by atoms with Crippen LogP contribution < -0.4 is 15.0 Å². The molecule has 2 saturated heterocycles. The third kappa shape index (κ3) is 9.39. The number of carbonyl (C=O) groups is 3. The molecule has 0 radical (unpaired) electrons. The third-order valence-electron chi connectivity index (χ3n) is 10.3. The maximum atomic E-state index is 14.1. The Morgan fingerprint density at radius 1 is 1.21 bits per heavy atom. The molecule has 3 aliphatic heterocycles. The molecule has 0 aliphatic carbocycles. The van der Waals surface area contributed by atoms with Gasteiger partial charge >= 0.3 is 18.2 Å². The van der Waals surface area contributed by atoms with Crippen molar-refractivity contribution in [3.63, 3.8) is 0 Å². The van der Waals surface area contributed by atoms with Crippen molar-refractivity contribution >= 4 is 52.6 Å². The van der Waals surface area contributed by atoms with Crippen LogP contribution in [0.2, 0.25) is 5.02 Å². The molecule has 2 amide bonds.